The zero-order valence-electron chi connectivity index (χ0n) is 41.0. The number of hydrogen-bond donors (Lipinski definition) is 0. The largest absolute Gasteiger partial charge is 0.503 e. The number of pyridine rings is 1. The Kier molecular flexibility index (Phi) is 10.6. The van der Waals surface area contributed by atoms with Crippen molar-refractivity contribution in [2.24, 2.45) is 0 Å². The van der Waals surface area contributed by atoms with E-state index in [1.807, 2.05) is 12.3 Å². The normalized spacial score (nSPS) is 12.3. The lowest BCUT2D eigenvalue weighted by Gasteiger charge is -2.34. The van der Waals surface area contributed by atoms with Gasteiger partial charge in [0.2, 0.25) is 11.4 Å². The molecule has 0 saturated heterocycles. The van der Waals surface area contributed by atoms with Gasteiger partial charge in [-0.1, -0.05) is 191 Å². The van der Waals surface area contributed by atoms with Crippen LogP contribution in [0.1, 0.15) is 26.3 Å². The zero-order chi connectivity index (χ0) is 49.0. The third kappa shape index (κ3) is 7.54. The van der Waals surface area contributed by atoms with Crippen LogP contribution in [0.3, 0.4) is 0 Å². The monoisotopic (exact) mass is 937 g/mol. The van der Waals surface area contributed by atoms with Gasteiger partial charge in [0.15, 0.2) is 0 Å². The molecule has 10 aromatic carbocycles. The van der Waals surface area contributed by atoms with Gasteiger partial charge >= 0.3 is 11.7 Å². The standard InChI is InChI=1S/C68H51N5/c1-68(2,3)60-36-21-35-56(49-26-11-6-12-27-49)66(60)72(53-40-41-59-58-32-15-16-37-61(58)73(63(59)45-53)64-38-17-18-43-69-64)52-30-19-29-51(44-52)70-46-71(67-57-31-14-13-28-50(57)39-42-62(67)70)65-54(47-22-7-4-8-23-47)33-20-34-55(65)48-24-9-5-10-25-48/h4-45H,1-3H3/q+2. The summed E-state index contributed by atoms with van der Waals surface area (Å²) in [5.74, 6) is 0.875. The maximum absolute atomic E-state index is 4.91. The molecule has 346 valence electrons. The fraction of sp³-hybridized carbons (Fsp3) is 0.0588. The Morgan fingerprint density at radius 2 is 1.03 bits per heavy atom. The first-order chi connectivity index (χ1) is 35.9. The van der Waals surface area contributed by atoms with Gasteiger partial charge in [-0.2, -0.15) is 0 Å². The highest BCUT2D eigenvalue weighted by Crippen LogP contribution is 2.50. The molecule has 2 aromatic heterocycles. The van der Waals surface area contributed by atoms with E-state index in [9.17, 15) is 0 Å². The summed E-state index contributed by atoms with van der Waals surface area (Å²) >= 11 is 0. The van der Waals surface area contributed by atoms with Crippen LogP contribution in [-0.4, -0.2) is 15.6 Å². The Morgan fingerprint density at radius 1 is 0.438 bits per heavy atom. The SMILES string of the molecule is CC(C)(C)c1cccc(-c2ccccc2)c1N(c1cccc([N+]2=C=[N+](c3c(-c4ccccc4)cccc3-c3ccccc3)c3c2ccc2ccccc32)c1)c1ccc2c3ccccc3n(-c3ccccn3)c2c1. The molecule has 0 atom stereocenters. The summed E-state index contributed by atoms with van der Waals surface area (Å²) in [5, 5.41) is 4.67. The molecule has 0 unspecified atom stereocenters. The fourth-order valence-electron chi connectivity index (χ4n) is 11.0. The van der Waals surface area contributed by atoms with Crippen LogP contribution in [0.2, 0.25) is 0 Å². The van der Waals surface area contributed by atoms with Crippen molar-refractivity contribution in [3.8, 4) is 39.2 Å². The summed E-state index contributed by atoms with van der Waals surface area (Å²) in [5.41, 5.74) is 17.4. The smallest absolute Gasteiger partial charge is 0.309 e. The lowest BCUT2D eigenvalue weighted by atomic mass is 9.82. The summed E-state index contributed by atoms with van der Waals surface area (Å²) in [6.07, 6.45) is 1.88. The van der Waals surface area contributed by atoms with Crippen LogP contribution in [0.5, 0.6) is 0 Å². The van der Waals surface area contributed by atoms with Crippen LogP contribution >= 0.6 is 0 Å². The Bertz CT molecular complexity index is 4090. The molecule has 0 N–H and O–H groups in total. The van der Waals surface area contributed by atoms with Crippen LogP contribution in [0.15, 0.2) is 255 Å². The molecule has 12 aromatic rings. The molecule has 13 rings (SSSR count). The average molecular weight is 938 g/mol. The van der Waals surface area contributed by atoms with Gasteiger partial charge in [0.05, 0.1) is 38.9 Å². The number of nitrogens with zero attached hydrogens (tertiary/aromatic N) is 5. The van der Waals surface area contributed by atoms with E-state index < -0.39 is 0 Å². The summed E-state index contributed by atoms with van der Waals surface area (Å²) in [6, 6.07) is 93.7. The minimum Gasteiger partial charge on any atom is -0.309 e. The van der Waals surface area contributed by atoms with Crippen LogP contribution in [-0.2, 0) is 5.41 Å². The van der Waals surface area contributed by atoms with Gasteiger partial charge in [0, 0.05) is 46.4 Å². The number of fused-ring (bicyclic) bond motifs is 6. The van der Waals surface area contributed by atoms with E-state index in [0.717, 1.165) is 95.4 Å². The third-order valence-corrected chi connectivity index (χ3v) is 14.3. The number of hydrogen-bond acceptors (Lipinski definition) is 2. The van der Waals surface area contributed by atoms with Crippen molar-refractivity contribution in [1.82, 2.24) is 18.7 Å². The summed E-state index contributed by atoms with van der Waals surface area (Å²) in [7, 11) is 0. The number of anilines is 3. The second-order valence-corrected chi connectivity index (χ2v) is 19.8. The van der Waals surface area contributed by atoms with E-state index >= 15 is 0 Å². The van der Waals surface area contributed by atoms with Crippen molar-refractivity contribution < 1.29 is 0 Å². The molecule has 1 aliphatic rings. The lowest BCUT2D eigenvalue weighted by Crippen LogP contribution is -2.20. The van der Waals surface area contributed by atoms with E-state index in [-0.39, 0.29) is 5.41 Å². The topological polar surface area (TPSA) is 27.1 Å². The fourth-order valence-corrected chi connectivity index (χ4v) is 11.0. The number of benzene rings is 10. The number of aromatic nitrogens is 2. The predicted molar refractivity (Wildman–Crippen MR) is 307 cm³/mol. The lowest BCUT2D eigenvalue weighted by molar-refractivity contribution is 0.591. The van der Waals surface area contributed by atoms with E-state index in [1.54, 1.807) is 0 Å². The van der Waals surface area contributed by atoms with Gasteiger partial charge < -0.3 is 4.90 Å². The maximum Gasteiger partial charge on any atom is 0.503 e. The molecule has 0 fully saturated rings. The predicted octanol–water partition coefficient (Wildman–Crippen LogP) is 18.0. The molecule has 0 spiro atoms. The molecule has 73 heavy (non-hydrogen) atoms. The first kappa shape index (κ1) is 43.6. The molecule has 5 nitrogen and oxygen atoms in total. The van der Waals surface area contributed by atoms with Crippen molar-refractivity contribution >= 4 is 78.4 Å². The van der Waals surface area contributed by atoms with E-state index in [1.165, 1.54) is 21.7 Å². The van der Waals surface area contributed by atoms with Crippen LogP contribution < -0.4 is 14.1 Å². The first-order valence-electron chi connectivity index (χ1n) is 25.0. The van der Waals surface area contributed by atoms with E-state index in [0.29, 0.717) is 0 Å². The van der Waals surface area contributed by atoms with Crippen molar-refractivity contribution in [1.29, 1.82) is 0 Å². The second-order valence-electron chi connectivity index (χ2n) is 19.8. The molecule has 0 aliphatic carbocycles. The van der Waals surface area contributed by atoms with Gasteiger partial charge in [-0.05, 0) is 103 Å². The highest BCUT2D eigenvalue weighted by Gasteiger charge is 2.41. The molecule has 1 aliphatic heterocycles. The van der Waals surface area contributed by atoms with Crippen LogP contribution in [0.25, 0.3) is 71.8 Å². The third-order valence-electron chi connectivity index (χ3n) is 14.3. The molecule has 0 radical (unpaired) electrons. The molecule has 0 amide bonds. The summed E-state index contributed by atoms with van der Waals surface area (Å²) in [6.45, 7) is 6.95. The average Bonchev–Trinajstić information content (AvgIpc) is 4.00. The minimum absolute atomic E-state index is 0.220. The molecule has 0 bridgehead atoms. The highest BCUT2D eigenvalue weighted by molar-refractivity contribution is 6.11. The van der Waals surface area contributed by atoms with Crippen molar-refractivity contribution in [2.45, 2.75) is 26.2 Å². The molecular weight excluding hydrogens is 887 g/mol. The van der Waals surface area contributed by atoms with Crippen LogP contribution in [0.4, 0.5) is 39.8 Å². The second kappa shape index (κ2) is 17.8. The van der Waals surface area contributed by atoms with Gasteiger partial charge in [-0.25, -0.2) is 4.98 Å². The van der Waals surface area contributed by atoms with E-state index in [4.69, 9.17) is 4.98 Å². The Balaban J connectivity index is 1.10. The maximum atomic E-state index is 4.91. The number of rotatable bonds is 9. The van der Waals surface area contributed by atoms with Gasteiger partial charge in [0.1, 0.15) is 5.82 Å². The van der Waals surface area contributed by atoms with E-state index in [2.05, 4.69) is 288 Å². The number of para-hydroxylation sites is 3. The van der Waals surface area contributed by atoms with Crippen molar-refractivity contribution in [3.63, 3.8) is 0 Å². The van der Waals surface area contributed by atoms with Crippen LogP contribution in [0, 0.1) is 0 Å². The Hall–Kier alpha value is -9.41. The van der Waals surface area contributed by atoms with Crippen molar-refractivity contribution in [3.05, 3.63) is 260 Å². The molecule has 5 heteroatoms. The molecular formula is C68H51N5+2. The van der Waals surface area contributed by atoms with Gasteiger partial charge in [-0.15, -0.1) is 0 Å². The summed E-state index contributed by atoms with van der Waals surface area (Å²) < 4.78 is 6.88. The Labute approximate surface area is 425 Å². The molecule has 3 heterocycles. The first-order valence-corrected chi connectivity index (χ1v) is 25.0. The van der Waals surface area contributed by atoms with Gasteiger partial charge in [-0.3, -0.25) is 4.57 Å². The Morgan fingerprint density at radius 3 is 1.73 bits per heavy atom. The minimum atomic E-state index is -0.220. The highest BCUT2D eigenvalue weighted by atomic mass is 15.2. The van der Waals surface area contributed by atoms with Crippen molar-refractivity contribution in [2.75, 3.05) is 4.90 Å². The molecule has 0 saturated carbocycles. The summed E-state index contributed by atoms with van der Waals surface area (Å²) in [4.78, 5) is 7.40. The van der Waals surface area contributed by atoms with Gasteiger partial charge in [0.25, 0.3) is 5.69 Å². The zero-order valence-corrected chi connectivity index (χ0v) is 41.0. The quantitative estimate of drug-likeness (QED) is 0.135.